The SMILES string of the molecule is Cc1c(F)cc(C2CCC(OC(=O)c3ccc(CP)cc3)CC2)cc1F.Cc1ccc(C2CCC(CP)CC2)cc1F.Fc1cc(C2CCC(C3CCC(CP)CC3)CC2)cc(F)c1F.Fc1cc(C2CCC(CP)CC2)cc(F)c1F. The number of ether oxygens (including phenoxy) is 1. The predicted octanol–water partition coefficient (Wildman–Crippen LogP) is 20.1. The first-order valence-electron chi connectivity index (χ1n) is 30.0. The standard InChI is InChI=1S/C21H23F2O2P.C19H26F3P.C14H20FP.C13H16F3P/c1-13-19(22)10-17(11-20(13)23)15-6-8-18(9-7-15)25-21(24)16-4-2-14(12-26)3-5-16;20-17-9-16(10-18(21)19(17)22)15-7-5-14(6-8-15)13-3-1-12(11-23)2-4-13;1-10-2-5-13(8-14(10)15)12-6-3-11(9-16)4-7-12;14-11-5-10(6-12(15)13(11)16)9-3-1-8(7-17)2-4-9/h2-5,10-11,15,18H,6-9,12,26H2,1H3;9-10,12-15H,1-8,11,23H2;2,5,8,11-12H,3-4,6-7,9,16H2,1H3;5-6,8-9H,1-4,7,17H2. The molecular formula is C67H85F9O2P4. The first-order valence-corrected chi connectivity index (χ1v) is 33.2. The van der Waals surface area contributed by atoms with E-state index in [1.165, 1.54) is 100 Å². The van der Waals surface area contributed by atoms with Crippen LogP contribution in [0.15, 0.2) is 78.9 Å². The van der Waals surface area contributed by atoms with Gasteiger partial charge in [-0.15, -0.1) is 37.0 Å². The number of esters is 1. The van der Waals surface area contributed by atoms with Crippen LogP contribution in [0.25, 0.3) is 0 Å². The van der Waals surface area contributed by atoms with Gasteiger partial charge in [0, 0.05) is 5.56 Å². The van der Waals surface area contributed by atoms with Gasteiger partial charge in [0.25, 0.3) is 0 Å². The lowest BCUT2D eigenvalue weighted by molar-refractivity contribution is 0.0195. The molecule has 0 spiro atoms. The molecule has 5 aliphatic rings. The van der Waals surface area contributed by atoms with Crippen LogP contribution < -0.4 is 0 Å². The third-order valence-corrected chi connectivity index (χ3v) is 21.3. The van der Waals surface area contributed by atoms with Gasteiger partial charge in [-0.2, -0.15) is 0 Å². The molecule has 5 aromatic rings. The van der Waals surface area contributed by atoms with E-state index < -0.39 is 46.5 Å². The number of hydrogen-bond donors (Lipinski definition) is 0. The average Bonchev–Trinajstić information content (AvgIpc) is 3.64. The Morgan fingerprint density at radius 3 is 1.11 bits per heavy atom. The van der Waals surface area contributed by atoms with E-state index in [1.807, 2.05) is 25.1 Å². The molecule has 4 unspecified atom stereocenters. The molecule has 0 radical (unpaired) electrons. The molecule has 0 heterocycles. The van der Waals surface area contributed by atoms with Gasteiger partial charge in [-0.3, -0.25) is 0 Å². The van der Waals surface area contributed by atoms with Crippen LogP contribution in [0.4, 0.5) is 39.5 Å². The monoisotopic (exact) mass is 1220 g/mol. The predicted molar refractivity (Wildman–Crippen MR) is 328 cm³/mol. The molecule has 5 fully saturated rings. The fraction of sp³-hybridized carbons (Fsp3) is 0.537. The molecular weight excluding hydrogens is 1130 g/mol. The number of halogens is 9. The van der Waals surface area contributed by atoms with Crippen LogP contribution in [-0.2, 0) is 10.9 Å². The number of hydrogen-bond acceptors (Lipinski definition) is 2. The van der Waals surface area contributed by atoms with Crippen molar-refractivity contribution < 1.29 is 49.0 Å². The lowest BCUT2D eigenvalue weighted by Gasteiger charge is -2.37. The van der Waals surface area contributed by atoms with Crippen molar-refractivity contribution in [2.45, 2.75) is 178 Å². The summed E-state index contributed by atoms with van der Waals surface area (Å²) in [5, 5.41) is 0. The van der Waals surface area contributed by atoms with E-state index >= 15 is 0 Å². The fourth-order valence-electron chi connectivity index (χ4n) is 13.2. The van der Waals surface area contributed by atoms with Gasteiger partial charge in [0.1, 0.15) is 23.6 Å². The first-order chi connectivity index (χ1) is 39.4. The molecule has 0 bridgehead atoms. The summed E-state index contributed by atoms with van der Waals surface area (Å²) in [6, 6.07) is 20.7. The Labute approximate surface area is 491 Å². The summed E-state index contributed by atoms with van der Waals surface area (Å²) < 4.78 is 126. The van der Waals surface area contributed by atoms with Crippen LogP contribution in [-0.4, -0.2) is 30.6 Å². The Kier molecular flexibility index (Phi) is 26.2. The van der Waals surface area contributed by atoms with Crippen LogP contribution in [0, 0.1) is 95.8 Å². The van der Waals surface area contributed by atoms with Crippen LogP contribution in [0.5, 0.6) is 0 Å². The normalized spacial score (nSPS) is 25.5. The number of rotatable bonds is 11. The summed E-state index contributed by atoms with van der Waals surface area (Å²) in [5.74, 6) is -3.23. The van der Waals surface area contributed by atoms with Crippen molar-refractivity contribution in [1.29, 1.82) is 0 Å². The Morgan fingerprint density at radius 1 is 0.402 bits per heavy atom. The highest BCUT2D eigenvalue weighted by atomic mass is 31.0. The van der Waals surface area contributed by atoms with Gasteiger partial charge in [-0.25, -0.2) is 44.3 Å². The van der Waals surface area contributed by atoms with Gasteiger partial charge in [0.15, 0.2) is 34.9 Å². The molecule has 5 aromatic carbocycles. The summed E-state index contributed by atoms with van der Waals surface area (Å²) in [5.41, 5.74) is 5.64. The van der Waals surface area contributed by atoms with Gasteiger partial charge >= 0.3 is 5.97 Å². The van der Waals surface area contributed by atoms with Crippen molar-refractivity contribution in [3.05, 3.63) is 176 Å². The number of aryl methyl sites for hydroxylation is 1. The Balaban J connectivity index is 0.000000160. The van der Waals surface area contributed by atoms with Crippen LogP contribution >= 0.6 is 37.0 Å². The molecule has 448 valence electrons. The van der Waals surface area contributed by atoms with E-state index in [-0.39, 0.29) is 41.2 Å². The van der Waals surface area contributed by atoms with E-state index in [2.05, 4.69) is 43.0 Å². The largest absolute Gasteiger partial charge is 0.459 e. The molecule has 0 amide bonds. The number of benzene rings is 5. The third kappa shape index (κ3) is 18.6. The van der Waals surface area contributed by atoms with E-state index in [1.54, 1.807) is 18.2 Å². The number of carbonyl (C=O) groups excluding carboxylic acids is 1. The molecule has 0 saturated heterocycles. The van der Waals surface area contributed by atoms with Crippen molar-refractivity contribution in [3.63, 3.8) is 0 Å². The zero-order valence-electron chi connectivity index (χ0n) is 47.8. The van der Waals surface area contributed by atoms with Gasteiger partial charge in [0.05, 0.1) is 5.56 Å². The molecule has 82 heavy (non-hydrogen) atoms. The lowest BCUT2D eigenvalue weighted by atomic mass is 9.68. The third-order valence-electron chi connectivity index (χ3n) is 18.8. The highest BCUT2D eigenvalue weighted by molar-refractivity contribution is 7.16. The molecule has 2 nitrogen and oxygen atoms in total. The van der Waals surface area contributed by atoms with Crippen molar-refractivity contribution >= 4 is 42.9 Å². The van der Waals surface area contributed by atoms with Gasteiger partial charge < -0.3 is 4.74 Å². The summed E-state index contributed by atoms with van der Waals surface area (Å²) >= 11 is 0. The van der Waals surface area contributed by atoms with E-state index in [0.29, 0.717) is 46.9 Å². The van der Waals surface area contributed by atoms with Crippen LogP contribution in [0.2, 0.25) is 0 Å². The second kappa shape index (κ2) is 32.4. The van der Waals surface area contributed by atoms with Crippen molar-refractivity contribution in [1.82, 2.24) is 0 Å². The second-order valence-corrected chi connectivity index (χ2v) is 25.9. The Bertz CT molecular complexity index is 2740. The smallest absolute Gasteiger partial charge is 0.338 e. The molecule has 4 atom stereocenters. The molecule has 15 heteroatoms. The minimum absolute atomic E-state index is 0.0503. The van der Waals surface area contributed by atoms with Crippen molar-refractivity contribution in [2.24, 2.45) is 29.6 Å². The Morgan fingerprint density at radius 2 is 0.732 bits per heavy atom. The zero-order valence-corrected chi connectivity index (χ0v) is 52.4. The minimum Gasteiger partial charge on any atom is -0.459 e. The topological polar surface area (TPSA) is 26.3 Å². The molecule has 0 N–H and O–H groups in total. The minimum atomic E-state index is -1.37. The van der Waals surface area contributed by atoms with Gasteiger partial charge in [0.2, 0.25) is 0 Å². The molecule has 0 aromatic heterocycles. The van der Waals surface area contributed by atoms with Crippen molar-refractivity contribution in [2.75, 3.05) is 18.5 Å². The lowest BCUT2D eigenvalue weighted by Crippen LogP contribution is -2.25. The molecule has 5 saturated carbocycles. The molecule has 10 rings (SSSR count). The van der Waals surface area contributed by atoms with Crippen molar-refractivity contribution in [3.8, 4) is 0 Å². The molecule has 5 aliphatic carbocycles. The maximum Gasteiger partial charge on any atom is 0.338 e. The number of carbonyl (C=O) groups is 1. The molecule has 0 aliphatic heterocycles. The Hall–Kier alpha value is -3.34. The zero-order chi connectivity index (χ0) is 59.0. The van der Waals surface area contributed by atoms with E-state index in [9.17, 15) is 44.3 Å². The fourth-order valence-corrected chi connectivity index (χ4v) is 14.9. The van der Waals surface area contributed by atoms with E-state index in [4.69, 9.17) is 4.74 Å². The van der Waals surface area contributed by atoms with Gasteiger partial charge in [-0.05, 0) is 308 Å². The van der Waals surface area contributed by atoms with Crippen LogP contribution in [0.3, 0.4) is 0 Å². The summed E-state index contributed by atoms with van der Waals surface area (Å²) in [6.45, 7) is 3.26. The summed E-state index contributed by atoms with van der Waals surface area (Å²) in [7, 11) is 11.1. The average molecular weight is 1220 g/mol. The highest BCUT2D eigenvalue weighted by Gasteiger charge is 2.32. The second-order valence-electron chi connectivity index (χ2n) is 24.0. The van der Waals surface area contributed by atoms with E-state index in [0.717, 1.165) is 123 Å². The first kappa shape index (κ1) is 66.2. The summed E-state index contributed by atoms with van der Waals surface area (Å²) in [4.78, 5) is 12.3. The van der Waals surface area contributed by atoms with Crippen LogP contribution in [0.1, 0.15) is 201 Å². The quantitative estimate of drug-likeness (QED) is 0.0570. The summed E-state index contributed by atoms with van der Waals surface area (Å²) in [6.07, 6.45) is 25.8. The maximum atomic E-state index is 13.8. The highest BCUT2D eigenvalue weighted by Crippen LogP contribution is 2.45. The van der Waals surface area contributed by atoms with Gasteiger partial charge in [-0.1, -0.05) is 24.3 Å². The maximum absolute atomic E-state index is 13.8.